The maximum atomic E-state index is 11.9. The molecule has 0 spiro atoms. The van der Waals surface area contributed by atoms with Crippen LogP contribution in [0.25, 0.3) is 0 Å². The third-order valence-electron chi connectivity index (χ3n) is 3.59. The van der Waals surface area contributed by atoms with E-state index in [2.05, 4.69) is 25.9 Å². The number of carbonyl (C=O) groups excluding carboxylic acids is 1. The summed E-state index contributed by atoms with van der Waals surface area (Å²) in [5, 5.41) is 19.0. The summed E-state index contributed by atoms with van der Waals surface area (Å²) in [6, 6.07) is 1.92. The first-order valence-electron chi connectivity index (χ1n) is 6.76. The van der Waals surface area contributed by atoms with Crippen LogP contribution in [-0.4, -0.2) is 48.2 Å². The van der Waals surface area contributed by atoms with Gasteiger partial charge in [-0.25, -0.2) is 4.68 Å². The topological polar surface area (TPSA) is 90.5 Å². The van der Waals surface area contributed by atoms with Crippen molar-refractivity contribution in [3.05, 3.63) is 18.5 Å². The number of nitrogens with one attached hydrogen (secondary N) is 1. The number of tetrazole rings is 1. The van der Waals surface area contributed by atoms with E-state index >= 15 is 0 Å². The lowest BCUT2D eigenvalue weighted by atomic mass is 10.1. The molecule has 1 fully saturated rings. The maximum absolute atomic E-state index is 11.9. The zero-order chi connectivity index (χ0) is 14.7. The first kappa shape index (κ1) is 14.1. The number of rotatable bonds is 7. The Morgan fingerprint density at radius 3 is 3.00 bits per heavy atom. The molecular formula is C12H17N7OS. The number of hydrogen-bond acceptors (Lipinski definition) is 6. The molecule has 1 aliphatic rings. The Balaban J connectivity index is 1.42. The molecule has 8 nitrogen and oxygen atoms in total. The van der Waals surface area contributed by atoms with E-state index in [4.69, 9.17) is 0 Å². The summed E-state index contributed by atoms with van der Waals surface area (Å²) >= 11 is 1.34. The van der Waals surface area contributed by atoms with E-state index < -0.39 is 0 Å². The molecule has 0 radical (unpaired) electrons. The van der Waals surface area contributed by atoms with Crippen molar-refractivity contribution in [1.82, 2.24) is 35.3 Å². The molecule has 0 unspecified atom stereocenters. The van der Waals surface area contributed by atoms with Gasteiger partial charge in [-0.1, -0.05) is 11.8 Å². The molecule has 0 atom stereocenters. The number of carbonyl (C=O) groups is 1. The van der Waals surface area contributed by atoms with Crippen molar-refractivity contribution in [2.24, 2.45) is 12.5 Å². The van der Waals surface area contributed by atoms with E-state index in [0.29, 0.717) is 17.5 Å². The van der Waals surface area contributed by atoms with E-state index in [1.165, 1.54) is 11.8 Å². The van der Waals surface area contributed by atoms with Gasteiger partial charge in [0.1, 0.15) is 0 Å². The van der Waals surface area contributed by atoms with E-state index in [0.717, 1.165) is 19.4 Å². The molecule has 1 aliphatic carbocycles. The Morgan fingerprint density at radius 1 is 1.52 bits per heavy atom. The van der Waals surface area contributed by atoms with Crippen molar-refractivity contribution in [2.75, 3.05) is 12.3 Å². The molecule has 1 N–H and O–H groups in total. The van der Waals surface area contributed by atoms with Gasteiger partial charge >= 0.3 is 0 Å². The first-order valence-corrected chi connectivity index (χ1v) is 7.75. The number of hydrogen-bond donors (Lipinski definition) is 1. The molecule has 1 amide bonds. The monoisotopic (exact) mass is 307 g/mol. The van der Waals surface area contributed by atoms with Gasteiger partial charge in [-0.3, -0.25) is 9.48 Å². The molecular weight excluding hydrogens is 290 g/mol. The SMILES string of the molecule is Cn1nnnc1SCC(=O)NCC1(Cn2cccn2)CC1. The number of aryl methyl sites for hydroxylation is 1. The minimum absolute atomic E-state index is 0.00902. The molecule has 3 rings (SSSR count). The molecule has 0 saturated heterocycles. The second-order valence-electron chi connectivity index (χ2n) is 5.35. The molecule has 0 aromatic carbocycles. The van der Waals surface area contributed by atoms with Crippen LogP contribution in [0.3, 0.4) is 0 Å². The number of nitrogens with zero attached hydrogens (tertiary/aromatic N) is 6. The van der Waals surface area contributed by atoms with Crippen LogP contribution in [0.5, 0.6) is 0 Å². The Bertz CT molecular complexity index is 605. The van der Waals surface area contributed by atoms with Crippen molar-refractivity contribution in [3.63, 3.8) is 0 Å². The third kappa shape index (κ3) is 3.60. The van der Waals surface area contributed by atoms with Crippen molar-refractivity contribution < 1.29 is 4.79 Å². The van der Waals surface area contributed by atoms with Crippen LogP contribution in [0, 0.1) is 5.41 Å². The summed E-state index contributed by atoms with van der Waals surface area (Å²) in [5.41, 5.74) is 0.179. The smallest absolute Gasteiger partial charge is 0.230 e. The summed E-state index contributed by atoms with van der Waals surface area (Å²) < 4.78 is 3.48. The van der Waals surface area contributed by atoms with E-state index in [9.17, 15) is 4.79 Å². The number of thioether (sulfide) groups is 1. The average molecular weight is 307 g/mol. The Hall–Kier alpha value is -1.90. The van der Waals surface area contributed by atoms with Crippen LogP contribution in [0.4, 0.5) is 0 Å². The van der Waals surface area contributed by atoms with Crippen LogP contribution in [0.2, 0.25) is 0 Å². The molecule has 2 heterocycles. The van der Waals surface area contributed by atoms with Gasteiger partial charge in [0.2, 0.25) is 11.1 Å². The van der Waals surface area contributed by atoms with Gasteiger partial charge in [-0.05, 0) is 29.3 Å². The second kappa shape index (κ2) is 5.84. The summed E-state index contributed by atoms with van der Waals surface area (Å²) in [4.78, 5) is 11.9. The largest absolute Gasteiger partial charge is 0.355 e. The predicted octanol–water partition coefficient (Wildman–Crippen LogP) is 0.0953. The van der Waals surface area contributed by atoms with Crippen LogP contribution >= 0.6 is 11.8 Å². The van der Waals surface area contributed by atoms with Gasteiger partial charge in [-0.15, -0.1) is 5.10 Å². The van der Waals surface area contributed by atoms with E-state index in [-0.39, 0.29) is 11.3 Å². The lowest BCUT2D eigenvalue weighted by molar-refractivity contribution is -0.118. The normalized spacial score (nSPS) is 15.9. The summed E-state index contributed by atoms with van der Waals surface area (Å²) in [5.74, 6) is 0.334. The van der Waals surface area contributed by atoms with Crippen molar-refractivity contribution in [2.45, 2.75) is 24.5 Å². The fourth-order valence-electron chi connectivity index (χ4n) is 2.12. The van der Waals surface area contributed by atoms with E-state index in [1.54, 1.807) is 17.9 Å². The zero-order valence-electron chi connectivity index (χ0n) is 11.8. The molecule has 112 valence electrons. The Morgan fingerprint density at radius 2 is 2.38 bits per heavy atom. The highest BCUT2D eigenvalue weighted by Crippen LogP contribution is 2.46. The van der Waals surface area contributed by atoms with Crippen molar-refractivity contribution in [1.29, 1.82) is 0 Å². The highest BCUT2D eigenvalue weighted by Gasteiger charge is 2.43. The molecule has 2 aromatic rings. The lowest BCUT2D eigenvalue weighted by Gasteiger charge is -2.16. The van der Waals surface area contributed by atoms with Gasteiger partial charge in [0, 0.05) is 37.9 Å². The summed E-state index contributed by atoms with van der Waals surface area (Å²) in [6.45, 7) is 1.56. The van der Waals surface area contributed by atoms with E-state index in [1.807, 2.05) is 16.9 Å². The molecule has 9 heteroatoms. The van der Waals surface area contributed by atoms with Gasteiger partial charge in [0.25, 0.3) is 0 Å². The highest BCUT2D eigenvalue weighted by molar-refractivity contribution is 7.99. The van der Waals surface area contributed by atoms with Gasteiger partial charge in [0.15, 0.2) is 0 Å². The van der Waals surface area contributed by atoms with Gasteiger partial charge < -0.3 is 5.32 Å². The van der Waals surface area contributed by atoms with Crippen LogP contribution in [-0.2, 0) is 18.4 Å². The predicted molar refractivity (Wildman–Crippen MR) is 76.4 cm³/mol. The fraction of sp³-hybridized carbons (Fsp3) is 0.583. The summed E-state index contributed by atoms with van der Waals surface area (Å²) in [6.07, 6.45) is 6.00. The lowest BCUT2D eigenvalue weighted by Crippen LogP contribution is -2.33. The Kier molecular flexibility index (Phi) is 3.91. The first-order chi connectivity index (χ1) is 10.2. The van der Waals surface area contributed by atoms with Crippen LogP contribution in [0.1, 0.15) is 12.8 Å². The average Bonchev–Trinajstić information content (AvgIpc) is 2.85. The van der Waals surface area contributed by atoms with Crippen LogP contribution in [0.15, 0.2) is 23.6 Å². The Labute approximate surface area is 126 Å². The minimum atomic E-state index is 0.00902. The maximum Gasteiger partial charge on any atom is 0.230 e. The molecule has 0 aliphatic heterocycles. The highest BCUT2D eigenvalue weighted by atomic mass is 32.2. The molecule has 2 aromatic heterocycles. The second-order valence-corrected chi connectivity index (χ2v) is 6.30. The standard InChI is InChI=1S/C12H17N7OS/c1-18-11(15-16-17-18)21-7-10(20)13-8-12(3-4-12)9-19-6-2-5-14-19/h2,5-6H,3-4,7-9H2,1H3,(H,13,20). The molecule has 21 heavy (non-hydrogen) atoms. The fourth-order valence-corrected chi connectivity index (χ4v) is 2.80. The zero-order valence-corrected chi connectivity index (χ0v) is 12.6. The summed E-state index contributed by atoms with van der Waals surface area (Å²) in [7, 11) is 1.75. The van der Waals surface area contributed by atoms with Crippen LogP contribution < -0.4 is 5.32 Å². The quantitative estimate of drug-likeness (QED) is 0.729. The number of aromatic nitrogens is 6. The van der Waals surface area contributed by atoms with Crippen molar-refractivity contribution in [3.8, 4) is 0 Å². The minimum Gasteiger partial charge on any atom is -0.355 e. The third-order valence-corrected chi connectivity index (χ3v) is 4.60. The van der Waals surface area contributed by atoms with Crippen molar-refractivity contribution >= 4 is 17.7 Å². The van der Waals surface area contributed by atoms with Gasteiger partial charge in [-0.2, -0.15) is 5.10 Å². The van der Waals surface area contributed by atoms with Gasteiger partial charge in [0.05, 0.1) is 5.75 Å². The molecule has 0 bridgehead atoms. The number of amides is 1. The molecule has 1 saturated carbocycles.